The molecule has 0 aliphatic rings. The quantitative estimate of drug-likeness (QED) is 0.113. The number of H-pyrrole nitrogens is 1. The largest absolute Gasteiger partial charge is 0.490 e. The first kappa shape index (κ1) is 41.5. The average Bonchev–Trinajstić information content (AvgIpc) is 3.97. The first-order chi connectivity index (χ1) is 28.3. The molecule has 0 radical (unpaired) electrons. The number of nitrogens with one attached hydrogen (secondary N) is 1. The number of aromatic nitrogens is 10. The Balaban J connectivity index is 0.000000167. The summed E-state index contributed by atoms with van der Waals surface area (Å²) in [6.07, 6.45) is -1.46. The van der Waals surface area contributed by atoms with Crippen molar-refractivity contribution in [3.63, 3.8) is 0 Å². The van der Waals surface area contributed by atoms with Gasteiger partial charge in [-0.2, -0.15) is 31.6 Å². The molecule has 8 rings (SSSR count). The Kier molecular flexibility index (Phi) is 13.3. The lowest BCUT2D eigenvalue weighted by Gasteiger charge is -2.09. The summed E-state index contributed by atoms with van der Waals surface area (Å²) in [7, 11) is -1.40. The molecule has 0 aliphatic heterocycles. The number of tetrazole rings is 2. The predicted octanol–water partition coefficient (Wildman–Crippen LogP) is 6.57. The molecule has 0 spiro atoms. The summed E-state index contributed by atoms with van der Waals surface area (Å²) in [6.45, 7) is 0. The smallest absolute Gasteiger partial charge is 0.423 e. The third kappa shape index (κ3) is 11.5. The molecule has 4 aromatic heterocycles. The van der Waals surface area contributed by atoms with Gasteiger partial charge >= 0.3 is 19.5 Å². The van der Waals surface area contributed by atoms with Gasteiger partial charge in [0.05, 0.1) is 17.3 Å². The van der Waals surface area contributed by atoms with Crippen LogP contribution in [-0.4, -0.2) is 68.0 Å². The summed E-state index contributed by atoms with van der Waals surface area (Å²) in [5, 5.41) is 43.5. The van der Waals surface area contributed by atoms with Crippen LogP contribution in [-0.2, 0) is 25.2 Å². The van der Waals surface area contributed by atoms with Gasteiger partial charge in [0, 0.05) is 35.2 Å². The van der Waals surface area contributed by atoms with Crippen LogP contribution in [0.5, 0.6) is 0 Å². The number of nitrogens with zero attached hydrogens (tertiary/aromatic N) is 9. The minimum absolute atomic E-state index is 0.414. The summed E-state index contributed by atoms with van der Waals surface area (Å²) in [4.78, 5) is 9.10. The van der Waals surface area contributed by atoms with Gasteiger partial charge in [0.2, 0.25) is 11.6 Å². The van der Waals surface area contributed by atoms with Crippen molar-refractivity contribution >= 4 is 12.6 Å². The van der Waals surface area contributed by atoms with E-state index in [0.29, 0.717) is 35.6 Å². The maximum atomic E-state index is 12.7. The summed E-state index contributed by atoms with van der Waals surface area (Å²) in [5.74, 6) is 0.897. The molecule has 0 bridgehead atoms. The van der Waals surface area contributed by atoms with Crippen molar-refractivity contribution in [2.45, 2.75) is 25.2 Å². The zero-order valence-electron chi connectivity index (χ0n) is 30.5. The highest BCUT2D eigenvalue weighted by molar-refractivity contribution is 6.58. The van der Waals surface area contributed by atoms with Gasteiger partial charge in [-0.05, 0) is 88.0 Å². The number of benzene rings is 4. The summed E-state index contributed by atoms with van der Waals surface area (Å²) < 4.78 is 75.9. The predicted molar refractivity (Wildman–Crippen MR) is 205 cm³/mol. The number of hydrogen-bond acceptors (Lipinski definition) is 10. The third-order valence-electron chi connectivity index (χ3n) is 8.49. The molecule has 0 saturated heterocycles. The standard InChI is InChI=1S/C20H14F3N5.C15H11F3N4.C5H6BNO2/c21-20(22,23)16-9-7-14(8-10-16)12-15-4-1-2-6-18(15)19-25-27-28(26-19)17-5-3-11-24-13-17;16-15(17,18)12-7-5-10(6-8-12)9-11-3-1-2-4-13(11)14-19-21-22-20-14;8-6(9)5-2-1-3-7-4-5/h1-11,13H,12H2;1-8H,9H2,(H,19,20,21,22);1-4,8-9H. The second kappa shape index (κ2) is 18.9. The summed E-state index contributed by atoms with van der Waals surface area (Å²) in [5.41, 5.74) is 4.72. The maximum Gasteiger partial charge on any atom is 0.490 e. The fourth-order valence-electron chi connectivity index (χ4n) is 5.56. The van der Waals surface area contributed by atoms with Crippen molar-refractivity contribution < 1.29 is 36.4 Å². The highest BCUT2D eigenvalue weighted by atomic mass is 19.4. The molecule has 0 unspecified atom stereocenters. The number of aromatic amines is 1. The van der Waals surface area contributed by atoms with Gasteiger partial charge in [0.1, 0.15) is 5.69 Å². The Morgan fingerprint density at radius 3 is 1.54 bits per heavy atom. The van der Waals surface area contributed by atoms with Crippen molar-refractivity contribution in [1.29, 1.82) is 0 Å². The topological polar surface area (TPSA) is 164 Å². The van der Waals surface area contributed by atoms with Crippen molar-refractivity contribution in [2.75, 3.05) is 0 Å². The van der Waals surface area contributed by atoms with E-state index >= 15 is 0 Å². The molecule has 0 fully saturated rings. The molecule has 4 aromatic carbocycles. The lowest BCUT2D eigenvalue weighted by molar-refractivity contribution is -0.138. The van der Waals surface area contributed by atoms with Gasteiger partial charge in [-0.1, -0.05) is 78.9 Å². The van der Waals surface area contributed by atoms with Crippen LogP contribution < -0.4 is 5.46 Å². The second-order valence-electron chi connectivity index (χ2n) is 12.6. The van der Waals surface area contributed by atoms with Gasteiger partial charge in [-0.25, -0.2) is 0 Å². The number of hydrogen-bond donors (Lipinski definition) is 3. The second-order valence-corrected chi connectivity index (χ2v) is 12.6. The van der Waals surface area contributed by atoms with Crippen LogP contribution in [0.4, 0.5) is 26.3 Å². The molecular formula is C40H31BF6N10O2. The van der Waals surface area contributed by atoms with Crippen molar-refractivity contribution in [2.24, 2.45) is 0 Å². The minimum atomic E-state index is -4.34. The Morgan fingerprint density at radius 1 is 0.576 bits per heavy atom. The molecular weight excluding hydrogens is 777 g/mol. The van der Waals surface area contributed by atoms with Gasteiger partial charge in [0.25, 0.3) is 0 Å². The molecule has 0 atom stereocenters. The van der Waals surface area contributed by atoms with E-state index in [1.165, 1.54) is 35.3 Å². The Labute approximate surface area is 332 Å². The molecule has 0 saturated carbocycles. The Bertz CT molecular complexity index is 2510. The molecule has 19 heteroatoms. The van der Waals surface area contributed by atoms with Crippen LogP contribution in [0.2, 0.25) is 0 Å². The zero-order chi connectivity index (χ0) is 41.8. The van der Waals surface area contributed by atoms with E-state index in [9.17, 15) is 26.3 Å². The zero-order valence-corrected chi connectivity index (χ0v) is 30.5. The van der Waals surface area contributed by atoms with Crippen LogP contribution >= 0.6 is 0 Å². The maximum absolute atomic E-state index is 12.7. The number of rotatable bonds is 8. The molecule has 3 N–H and O–H groups in total. The fourth-order valence-corrected chi connectivity index (χ4v) is 5.56. The van der Waals surface area contributed by atoms with E-state index in [1.54, 1.807) is 36.8 Å². The van der Waals surface area contributed by atoms with Crippen LogP contribution in [0.1, 0.15) is 33.4 Å². The number of pyridine rings is 2. The highest BCUT2D eigenvalue weighted by Crippen LogP contribution is 2.31. The normalized spacial score (nSPS) is 11.2. The first-order valence-electron chi connectivity index (χ1n) is 17.5. The van der Waals surface area contributed by atoms with Crippen LogP contribution in [0, 0.1) is 0 Å². The van der Waals surface area contributed by atoms with Crippen molar-refractivity contribution in [3.05, 3.63) is 179 Å². The summed E-state index contributed by atoms with van der Waals surface area (Å²) in [6, 6.07) is 32.1. The highest BCUT2D eigenvalue weighted by Gasteiger charge is 2.30. The first-order valence-corrected chi connectivity index (χ1v) is 17.5. The van der Waals surface area contributed by atoms with E-state index in [0.717, 1.165) is 57.6 Å². The van der Waals surface area contributed by atoms with Crippen LogP contribution in [0.3, 0.4) is 0 Å². The number of halogens is 6. The van der Waals surface area contributed by atoms with E-state index in [-0.39, 0.29) is 0 Å². The Hall–Kier alpha value is -7.12. The van der Waals surface area contributed by atoms with Gasteiger partial charge in [0.15, 0.2) is 0 Å². The summed E-state index contributed by atoms with van der Waals surface area (Å²) >= 11 is 0. The van der Waals surface area contributed by atoms with E-state index in [4.69, 9.17) is 10.0 Å². The lowest BCUT2D eigenvalue weighted by atomic mass is 9.82. The number of alkyl halides is 6. The molecule has 8 aromatic rings. The van der Waals surface area contributed by atoms with Crippen molar-refractivity contribution in [1.82, 2.24) is 50.8 Å². The van der Waals surface area contributed by atoms with E-state index in [2.05, 4.69) is 46.0 Å². The van der Waals surface area contributed by atoms with Gasteiger partial charge < -0.3 is 10.0 Å². The fraction of sp³-hybridized carbons (Fsp3) is 0.100. The van der Waals surface area contributed by atoms with Gasteiger partial charge in [-0.3, -0.25) is 9.97 Å². The van der Waals surface area contributed by atoms with Crippen molar-refractivity contribution in [3.8, 4) is 28.5 Å². The molecule has 59 heavy (non-hydrogen) atoms. The van der Waals surface area contributed by atoms with E-state index < -0.39 is 30.6 Å². The Morgan fingerprint density at radius 2 is 1.10 bits per heavy atom. The molecule has 12 nitrogen and oxygen atoms in total. The molecule has 4 heterocycles. The third-order valence-corrected chi connectivity index (χ3v) is 8.49. The van der Waals surface area contributed by atoms with E-state index in [1.807, 2.05) is 54.6 Å². The molecule has 0 aliphatic carbocycles. The van der Waals surface area contributed by atoms with Crippen LogP contribution in [0.25, 0.3) is 28.5 Å². The molecule has 298 valence electrons. The minimum Gasteiger partial charge on any atom is -0.423 e. The monoisotopic (exact) mass is 808 g/mol. The lowest BCUT2D eigenvalue weighted by Crippen LogP contribution is -2.29. The van der Waals surface area contributed by atoms with Crippen LogP contribution in [0.15, 0.2) is 146 Å². The molecule has 0 amide bonds. The average molecular weight is 809 g/mol. The van der Waals surface area contributed by atoms with Gasteiger partial charge in [-0.15, -0.1) is 25.2 Å². The SMILES string of the molecule is FC(F)(F)c1ccc(Cc2ccccc2-c2nn[nH]n2)cc1.FC(F)(F)c1ccc(Cc2ccccc2-c2nnn(-c3cccnc3)n2)cc1.OB(O)c1cccnc1.